The molecule has 5 rings (SSSR count). The summed E-state index contributed by atoms with van der Waals surface area (Å²) in [6, 6.07) is 7.52. The number of aromatic nitrogens is 5. The van der Waals surface area contributed by atoms with Crippen LogP contribution in [0.15, 0.2) is 101 Å². The largest absolute Gasteiger partial charge is 0.454 e. The quantitative estimate of drug-likeness (QED) is 0.237. The third-order valence-electron chi connectivity index (χ3n) is 6.18. The SMILES string of the molecule is CC(C)n1cc(C(=O)Nc2ccc(OC3=CC(c4c[nH]cn4)=CN/C3=C\C=N)cn2)c(=O)n(-c2ccc(F)cc2)c1=O. The summed E-state index contributed by atoms with van der Waals surface area (Å²) in [5.41, 5.74) is 0.292. The number of ether oxygens (including phenoxy) is 1. The molecular weight excluding hydrogens is 543 g/mol. The fourth-order valence-electron chi connectivity index (χ4n) is 4.09. The number of rotatable bonds is 8. The van der Waals surface area contributed by atoms with Crippen molar-refractivity contribution in [2.45, 2.75) is 19.9 Å². The Kier molecular flexibility index (Phi) is 7.73. The first-order valence-electron chi connectivity index (χ1n) is 12.7. The van der Waals surface area contributed by atoms with Gasteiger partial charge < -0.3 is 25.8 Å². The number of aromatic amines is 1. The summed E-state index contributed by atoms with van der Waals surface area (Å²) >= 11 is 0. The van der Waals surface area contributed by atoms with Crippen molar-refractivity contribution in [3.8, 4) is 11.4 Å². The first-order chi connectivity index (χ1) is 20.2. The van der Waals surface area contributed by atoms with Crippen molar-refractivity contribution < 1.29 is 13.9 Å². The molecule has 4 N–H and O–H groups in total. The van der Waals surface area contributed by atoms with Crippen molar-refractivity contribution in [2.24, 2.45) is 0 Å². The van der Waals surface area contributed by atoms with Crippen LogP contribution in [0.25, 0.3) is 11.3 Å². The Morgan fingerprint density at radius 3 is 2.57 bits per heavy atom. The van der Waals surface area contributed by atoms with Gasteiger partial charge in [0.25, 0.3) is 11.5 Å². The van der Waals surface area contributed by atoms with Crippen LogP contribution in [0.3, 0.4) is 0 Å². The van der Waals surface area contributed by atoms with E-state index in [2.05, 4.69) is 25.6 Å². The number of hydrogen-bond donors (Lipinski definition) is 4. The monoisotopic (exact) mass is 568 g/mol. The third kappa shape index (κ3) is 5.70. The molecule has 0 atom stereocenters. The zero-order valence-electron chi connectivity index (χ0n) is 22.5. The summed E-state index contributed by atoms with van der Waals surface area (Å²) in [6.45, 7) is 3.46. The zero-order valence-corrected chi connectivity index (χ0v) is 22.5. The predicted octanol–water partition coefficient (Wildman–Crippen LogP) is 3.53. The maximum atomic E-state index is 13.5. The van der Waals surface area contributed by atoms with Gasteiger partial charge in [0, 0.05) is 36.4 Å². The van der Waals surface area contributed by atoms with Gasteiger partial charge in [-0.05, 0) is 62.4 Å². The molecule has 0 aliphatic carbocycles. The van der Waals surface area contributed by atoms with E-state index in [1.165, 1.54) is 41.2 Å². The van der Waals surface area contributed by atoms with Crippen LogP contribution in [-0.4, -0.2) is 36.2 Å². The molecule has 12 nitrogen and oxygen atoms in total. The number of benzene rings is 1. The second-order valence-electron chi connectivity index (χ2n) is 9.33. The minimum absolute atomic E-state index is 0.128. The van der Waals surface area contributed by atoms with Crippen LogP contribution in [0.4, 0.5) is 10.2 Å². The Morgan fingerprint density at radius 2 is 1.93 bits per heavy atom. The Labute approximate surface area is 238 Å². The van der Waals surface area contributed by atoms with E-state index >= 15 is 0 Å². The smallest absolute Gasteiger partial charge is 0.335 e. The lowest BCUT2D eigenvalue weighted by molar-refractivity contribution is 0.102. The lowest BCUT2D eigenvalue weighted by Crippen LogP contribution is -2.42. The number of pyridine rings is 1. The average Bonchev–Trinajstić information content (AvgIpc) is 3.51. The van der Waals surface area contributed by atoms with Crippen LogP contribution >= 0.6 is 0 Å². The molecule has 1 amide bonds. The standard InChI is InChI=1S/C29H25FN8O4/c1-17(2)37-15-22(28(40)38(29(37)41)20-5-3-19(30)4-6-20)27(39)36-26-8-7-21(13-34-26)42-25-11-18(24-14-32-16-35-24)12-33-23(25)9-10-31/h3-17,31,33H,1-2H3,(H,32,35)(H,34,36,39)/b23-9-,31-10?. The Balaban J connectivity index is 1.39. The molecule has 1 aliphatic heterocycles. The van der Waals surface area contributed by atoms with E-state index in [4.69, 9.17) is 10.1 Å². The summed E-state index contributed by atoms with van der Waals surface area (Å²) in [6.07, 6.45) is 12.0. The van der Waals surface area contributed by atoms with Gasteiger partial charge in [0.2, 0.25) is 0 Å². The summed E-state index contributed by atoms with van der Waals surface area (Å²) < 4.78 is 21.6. The topological polar surface area (TPSA) is 160 Å². The van der Waals surface area contributed by atoms with Crippen LogP contribution in [0.5, 0.6) is 5.75 Å². The number of nitrogens with one attached hydrogen (secondary N) is 4. The van der Waals surface area contributed by atoms with E-state index in [1.807, 2.05) is 0 Å². The highest BCUT2D eigenvalue weighted by molar-refractivity contribution is 6.03. The lowest BCUT2D eigenvalue weighted by Gasteiger charge is -2.18. The molecule has 13 heteroatoms. The third-order valence-corrected chi connectivity index (χ3v) is 6.18. The maximum absolute atomic E-state index is 13.5. The molecule has 0 radical (unpaired) electrons. The summed E-state index contributed by atoms with van der Waals surface area (Å²) in [5, 5.41) is 13.1. The molecule has 212 valence electrons. The van der Waals surface area contributed by atoms with Gasteiger partial charge in [0.05, 0.1) is 29.6 Å². The van der Waals surface area contributed by atoms with Gasteiger partial charge in [-0.25, -0.2) is 23.7 Å². The number of hydrogen-bond acceptors (Lipinski definition) is 8. The number of carbonyl (C=O) groups excluding carboxylic acids is 1. The lowest BCUT2D eigenvalue weighted by atomic mass is 10.1. The Hall–Kier alpha value is -5.85. The van der Waals surface area contributed by atoms with E-state index in [1.54, 1.807) is 44.7 Å². The molecule has 0 spiro atoms. The van der Waals surface area contributed by atoms with Crippen LogP contribution < -0.4 is 26.6 Å². The summed E-state index contributed by atoms with van der Waals surface area (Å²) in [5.74, 6) is -0.431. The Morgan fingerprint density at radius 1 is 1.14 bits per heavy atom. The van der Waals surface area contributed by atoms with E-state index in [9.17, 15) is 18.8 Å². The Bertz CT molecular complexity index is 1850. The number of carbonyl (C=O) groups is 1. The highest BCUT2D eigenvalue weighted by Crippen LogP contribution is 2.25. The zero-order chi connectivity index (χ0) is 29.8. The molecule has 0 saturated heterocycles. The molecule has 0 fully saturated rings. The van der Waals surface area contributed by atoms with Crippen molar-refractivity contribution in [1.82, 2.24) is 29.4 Å². The predicted molar refractivity (Wildman–Crippen MR) is 154 cm³/mol. The molecule has 0 unspecified atom stereocenters. The molecular formula is C29H25FN8O4. The van der Waals surface area contributed by atoms with Gasteiger partial charge in [0.15, 0.2) is 5.76 Å². The van der Waals surface area contributed by atoms with E-state index < -0.39 is 23.0 Å². The number of nitrogens with zero attached hydrogens (tertiary/aromatic N) is 4. The molecule has 1 aromatic carbocycles. The number of allylic oxidation sites excluding steroid dienone is 3. The number of imidazole rings is 1. The van der Waals surface area contributed by atoms with E-state index in [0.29, 0.717) is 22.9 Å². The second-order valence-corrected chi connectivity index (χ2v) is 9.33. The van der Waals surface area contributed by atoms with Gasteiger partial charge in [0.1, 0.15) is 22.9 Å². The average molecular weight is 569 g/mol. The molecule has 4 aromatic rings. The highest BCUT2D eigenvalue weighted by atomic mass is 19.1. The number of anilines is 1. The maximum Gasteiger partial charge on any atom is 0.335 e. The number of halogens is 1. The van der Waals surface area contributed by atoms with Crippen molar-refractivity contribution >= 4 is 23.5 Å². The van der Waals surface area contributed by atoms with Crippen LogP contribution in [0, 0.1) is 11.2 Å². The number of H-pyrrole nitrogens is 1. The normalized spacial score (nSPS) is 13.8. The molecule has 4 heterocycles. The summed E-state index contributed by atoms with van der Waals surface area (Å²) in [4.78, 5) is 50.8. The minimum Gasteiger partial charge on any atom is -0.454 e. The van der Waals surface area contributed by atoms with Crippen molar-refractivity contribution in [2.75, 3.05) is 5.32 Å². The molecule has 0 bridgehead atoms. The van der Waals surface area contributed by atoms with Crippen LogP contribution in [0.2, 0.25) is 0 Å². The van der Waals surface area contributed by atoms with Crippen molar-refractivity contribution in [3.05, 3.63) is 129 Å². The summed E-state index contributed by atoms with van der Waals surface area (Å²) in [7, 11) is 0. The minimum atomic E-state index is -0.857. The van der Waals surface area contributed by atoms with Gasteiger partial charge in [-0.3, -0.25) is 14.2 Å². The first-order valence-corrected chi connectivity index (χ1v) is 12.7. The molecule has 3 aromatic heterocycles. The van der Waals surface area contributed by atoms with Crippen LogP contribution in [-0.2, 0) is 0 Å². The van der Waals surface area contributed by atoms with Gasteiger partial charge in [-0.1, -0.05) is 0 Å². The van der Waals surface area contributed by atoms with Gasteiger partial charge >= 0.3 is 5.69 Å². The number of amides is 1. The molecule has 42 heavy (non-hydrogen) atoms. The van der Waals surface area contributed by atoms with E-state index in [-0.39, 0.29) is 23.1 Å². The van der Waals surface area contributed by atoms with Crippen molar-refractivity contribution in [3.63, 3.8) is 0 Å². The molecule has 1 aliphatic rings. The van der Waals surface area contributed by atoms with Gasteiger partial charge in [-0.2, -0.15) is 0 Å². The van der Waals surface area contributed by atoms with Crippen LogP contribution in [0.1, 0.15) is 35.9 Å². The van der Waals surface area contributed by atoms with E-state index in [0.717, 1.165) is 28.5 Å². The molecule has 0 saturated carbocycles. The highest BCUT2D eigenvalue weighted by Gasteiger charge is 2.21. The number of dihydropyridines is 1. The van der Waals surface area contributed by atoms with Crippen molar-refractivity contribution in [1.29, 1.82) is 5.41 Å². The first kappa shape index (κ1) is 27.7. The fourth-order valence-corrected chi connectivity index (χ4v) is 4.09. The fraction of sp³-hybridized carbons (Fsp3) is 0.103. The second kappa shape index (κ2) is 11.7. The van der Waals surface area contributed by atoms with Gasteiger partial charge in [-0.15, -0.1) is 0 Å².